The fourth-order valence-corrected chi connectivity index (χ4v) is 3.42. The second kappa shape index (κ2) is 6.41. The zero-order chi connectivity index (χ0) is 15.6. The molecule has 1 aliphatic carbocycles. The van der Waals surface area contributed by atoms with Gasteiger partial charge in [-0.05, 0) is 37.0 Å². The van der Waals surface area contributed by atoms with Crippen LogP contribution in [0, 0.1) is 0 Å². The minimum Gasteiger partial charge on any atom is -0.466 e. The molecule has 1 aliphatic rings. The quantitative estimate of drug-likeness (QED) is 0.590. The molecule has 1 rings (SSSR count). The Morgan fingerprint density at radius 2 is 1.90 bits per heavy atom. The minimum absolute atomic E-state index is 0.0225. The van der Waals surface area contributed by atoms with E-state index in [0.29, 0.717) is 12.0 Å². The van der Waals surface area contributed by atoms with Crippen molar-refractivity contribution in [2.45, 2.75) is 64.0 Å². The Hall–Kier alpha value is -0.653. The van der Waals surface area contributed by atoms with Gasteiger partial charge in [0.2, 0.25) is 0 Å². The summed E-state index contributed by atoms with van der Waals surface area (Å²) in [6.45, 7) is 11.1. The number of methoxy groups -OCH3 is 2. The van der Waals surface area contributed by atoms with E-state index >= 15 is 0 Å². The summed E-state index contributed by atoms with van der Waals surface area (Å²) in [5.74, 6) is -0.266. The molecular weight excluding hydrogens is 272 g/mol. The number of rotatable bonds is 4. The van der Waals surface area contributed by atoms with E-state index in [1.165, 1.54) is 7.11 Å². The summed E-state index contributed by atoms with van der Waals surface area (Å²) in [7, 11) is 1.23. The predicted octanol–water partition coefficient (Wildman–Crippen LogP) is 3.29. The highest BCUT2D eigenvalue weighted by Gasteiger charge is 2.41. The van der Waals surface area contributed by atoms with Crippen molar-refractivity contribution in [1.29, 1.82) is 0 Å². The molecule has 0 aromatic carbocycles. The van der Waals surface area contributed by atoms with Crippen LogP contribution < -0.4 is 0 Å². The molecule has 0 aromatic rings. The van der Waals surface area contributed by atoms with E-state index in [4.69, 9.17) is 13.9 Å². The molecule has 0 aromatic heterocycles. The third kappa shape index (κ3) is 3.93. The van der Waals surface area contributed by atoms with Gasteiger partial charge >= 0.3 is 5.97 Å². The molecule has 0 saturated heterocycles. The van der Waals surface area contributed by atoms with Gasteiger partial charge in [-0.2, -0.15) is 0 Å². The van der Waals surface area contributed by atoms with Crippen molar-refractivity contribution >= 4 is 14.3 Å². The number of carbonyl (C=O) groups excluding carboxylic acids is 1. The van der Waals surface area contributed by atoms with Crippen LogP contribution in [0.25, 0.3) is 0 Å². The first-order chi connectivity index (χ1) is 9.12. The fraction of sp³-hybridized carbons (Fsp3) is 0.800. The van der Waals surface area contributed by atoms with Crippen LogP contribution in [-0.4, -0.2) is 40.7 Å². The topological polar surface area (TPSA) is 44.8 Å². The van der Waals surface area contributed by atoms with Crippen LogP contribution in [0.2, 0.25) is 18.1 Å². The predicted molar refractivity (Wildman–Crippen MR) is 82.2 cm³/mol. The maximum atomic E-state index is 11.6. The Balaban J connectivity index is 2.84. The highest BCUT2D eigenvalue weighted by molar-refractivity contribution is 6.74. The zero-order valence-corrected chi connectivity index (χ0v) is 14.8. The van der Waals surface area contributed by atoms with Gasteiger partial charge in [0.1, 0.15) is 6.10 Å². The molecule has 0 spiro atoms. The molecule has 2 atom stereocenters. The highest BCUT2D eigenvalue weighted by atomic mass is 28.4. The van der Waals surface area contributed by atoms with Gasteiger partial charge in [0.05, 0.1) is 13.2 Å². The number of ether oxygens (including phenoxy) is 2. The van der Waals surface area contributed by atoms with E-state index in [9.17, 15) is 4.79 Å². The Morgan fingerprint density at radius 3 is 2.35 bits per heavy atom. The molecule has 0 fully saturated rings. The zero-order valence-electron chi connectivity index (χ0n) is 13.8. The Morgan fingerprint density at radius 1 is 1.30 bits per heavy atom. The number of carbonyl (C=O) groups is 1. The average molecular weight is 300 g/mol. The normalized spacial score (nSPS) is 24.2. The fourth-order valence-electron chi connectivity index (χ4n) is 2.05. The summed E-state index contributed by atoms with van der Waals surface area (Å²) in [6.07, 6.45) is 3.19. The second-order valence-corrected chi connectivity index (χ2v) is 11.6. The van der Waals surface area contributed by atoms with Gasteiger partial charge in [-0.1, -0.05) is 20.8 Å². The van der Waals surface area contributed by atoms with Gasteiger partial charge in [0.25, 0.3) is 0 Å². The summed E-state index contributed by atoms with van der Waals surface area (Å²) in [4.78, 5) is 11.6. The lowest BCUT2D eigenvalue weighted by molar-refractivity contribution is -0.136. The lowest BCUT2D eigenvalue weighted by Crippen LogP contribution is -2.48. The SMILES string of the molecule is COC(=O)C1=C[C@H](OC)[C@@H](O[Si](C)(C)C(C)(C)C)CC1. The second-order valence-electron chi connectivity index (χ2n) is 6.84. The lowest BCUT2D eigenvalue weighted by atomic mass is 9.95. The van der Waals surface area contributed by atoms with Crippen LogP contribution in [0.1, 0.15) is 33.6 Å². The standard InChI is InChI=1S/C15H28O4Si/c1-15(2,3)20(6,7)19-12-9-8-11(14(16)18-5)10-13(12)17-4/h10,12-13H,8-9H2,1-7H3/t12-,13-/m0/s1. The molecule has 0 N–H and O–H groups in total. The Kier molecular flexibility index (Phi) is 5.58. The van der Waals surface area contributed by atoms with Crippen molar-refractivity contribution in [2.24, 2.45) is 0 Å². The van der Waals surface area contributed by atoms with Crippen LogP contribution in [0.3, 0.4) is 0 Å². The van der Waals surface area contributed by atoms with E-state index in [0.717, 1.165) is 6.42 Å². The van der Waals surface area contributed by atoms with Crippen molar-refractivity contribution in [2.75, 3.05) is 14.2 Å². The van der Waals surface area contributed by atoms with Gasteiger partial charge < -0.3 is 13.9 Å². The van der Waals surface area contributed by atoms with Crippen LogP contribution in [0.5, 0.6) is 0 Å². The molecule has 5 heteroatoms. The van der Waals surface area contributed by atoms with Gasteiger partial charge in [-0.3, -0.25) is 0 Å². The Bertz CT molecular complexity index is 382. The van der Waals surface area contributed by atoms with Crippen molar-refractivity contribution in [3.63, 3.8) is 0 Å². The highest BCUT2D eigenvalue weighted by Crippen LogP contribution is 2.39. The summed E-state index contributed by atoms with van der Waals surface area (Å²) in [6, 6.07) is 0. The first kappa shape index (κ1) is 17.4. The summed E-state index contributed by atoms with van der Waals surface area (Å²) in [5.41, 5.74) is 0.689. The van der Waals surface area contributed by atoms with Gasteiger partial charge in [0.15, 0.2) is 8.32 Å². The summed E-state index contributed by atoms with van der Waals surface area (Å²) >= 11 is 0. The summed E-state index contributed by atoms with van der Waals surface area (Å²) in [5, 5.41) is 0.164. The maximum absolute atomic E-state index is 11.6. The third-order valence-electron chi connectivity index (χ3n) is 4.40. The molecule has 0 aliphatic heterocycles. The first-order valence-corrected chi connectivity index (χ1v) is 10.0. The monoisotopic (exact) mass is 300 g/mol. The molecular formula is C15H28O4Si. The first-order valence-electron chi connectivity index (χ1n) is 7.12. The minimum atomic E-state index is -1.83. The maximum Gasteiger partial charge on any atom is 0.333 e. The van der Waals surface area contributed by atoms with E-state index in [1.54, 1.807) is 7.11 Å². The van der Waals surface area contributed by atoms with Crippen molar-refractivity contribution in [3.8, 4) is 0 Å². The molecule has 4 nitrogen and oxygen atoms in total. The number of hydrogen-bond donors (Lipinski definition) is 0. The molecule has 0 unspecified atom stereocenters. The molecule has 0 bridgehead atoms. The number of esters is 1. The van der Waals surface area contributed by atoms with Crippen molar-refractivity contribution < 1.29 is 18.7 Å². The smallest absolute Gasteiger partial charge is 0.333 e. The van der Waals surface area contributed by atoms with E-state index in [2.05, 4.69) is 33.9 Å². The van der Waals surface area contributed by atoms with Gasteiger partial charge in [-0.25, -0.2) is 4.79 Å². The van der Waals surface area contributed by atoms with Crippen LogP contribution in [0.15, 0.2) is 11.6 Å². The van der Waals surface area contributed by atoms with E-state index < -0.39 is 8.32 Å². The summed E-state index contributed by atoms with van der Waals surface area (Å²) < 4.78 is 16.7. The van der Waals surface area contributed by atoms with Crippen molar-refractivity contribution in [1.82, 2.24) is 0 Å². The van der Waals surface area contributed by atoms with E-state index in [-0.39, 0.29) is 23.2 Å². The molecule has 0 heterocycles. The number of hydrogen-bond acceptors (Lipinski definition) is 4. The average Bonchev–Trinajstić information content (AvgIpc) is 2.36. The Labute approximate surface area is 123 Å². The molecule has 0 amide bonds. The van der Waals surface area contributed by atoms with Gasteiger partial charge in [0, 0.05) is 12.7 Å². The molecule has 0 radical (unpaired) electrons. The largest absolute Gasteiger partial charge is 0.466 e. The third-order valence-corrected chi connectivity index (χ3v) is 8.91. The van der Waals surface area contributed by atoms with E-state index in [1.807, 2.05) is 6.08 Å². The van der Waals surface area contributed by atoms with Crippen molar-refractivity contribution in [3.05, 3.63) is 11.6 Å². The van der Waals surface area contributed by atoms with Gasteiger partial charge in [-0.15, -0.1) is 0 Å². The molecule has 116 valence electrons. The molecule has 20 heavy (non-hydrogen) atoms. The molecule has 0 saturated carbocycles. The van der Waals surface area contributed by atoms with Crippen LogP contribution in [0.4, 0.5) is 0 Å². The van der Waals surface area contributed by atoms with Crippen LogP contribution >= 0.6 is 0 Å². The van der Waals surface area contributed by atoms with Crippen LogP contribution in [-0.2, 0) is 18.7 Å². The lowest BCUT2D eigenvalue weighted by Gasteiger charge is -2.41.